The third kappa shape index (κ3) is 3.04. The van der Waals surface area contributed by atoms with E-state index in [-0.39, 0.29) is 5.43 Å². The number of aromatic nitrogens is 3. The molecule has 1 unspecified atom stereocenters. The number of nitrogens with zero attached hydrogens (tertiary/aromatic N) is 3. The van der Waals surface area contributed by atoms with Crippen molar-refractivity contribution in [2.45, 2.75) is 11.8 Å². The summed E-state index contributed by atoms with van der Waals surface area (Å²) in [6, 6.07) is 11.1. The number of hydrogen-bond acceptors (Lipinski definition) is 4. The van der Waals surface area contributed by atoms with Crippen molar-refractivity contribution >= 4 is 27.6 Å². The van der Waals surface area contributed by atoms with E-state index in [4.69, 9.17) is 5.73 Å². The van der Waals surface area contributed by atoms with Crippen LogP contribution in [-0.4, -0.2) is 20.7 Å². The molecule has 2 heterocycles. The zero-order chi connectivity index (χ0) is 21.6. The molecule has 5 rings (SSSR count). The Kier molecular flexibility index (Phi) is 4.29. The lowest BCUT2D eigenvalue weighted by molar-refractivity contribution is -0.121. The van der Waals surface area contributed by atoms with Gasteiger partial charge >= 0.3 is 0 Å². The molecule has 0 saturated carbocycles. The lowest BCUT2D eigenvalue weighted by Crippen LogP contribution is -2.39. The molecule has 1 aliphatic rings. The van der Waals surface area contributed by atoms with E-state index in [1.165, 1.54) is 0 Å². The van der Waals surface area contributed by atoms with E-state index >= 15 is 0 Å². The standard InChI is InChI=1S/C25H20N4O2/c1-29-15-18(14-28-29)17-11-21-22(27-13-17)8-6-16-5-7-19(12-20(16)23(21)30)25(24(26)31)9-3-2-4-10-25/h2-9,11-15H,10H2,1H3,(H2,26,31). The lowest BCUT2D eigenvalue weighted by atomic mass is 9.74. The van der Waals surface area contributed by atoms with Gasteiger partial charge in [-0.2, -0.15) is 5.10 Å². The zero-order valence-corrected chi connectivity index (χ0v) is 16.9. The van der Waals surface area contributed by atoms with Gasteiger partial charge in [-0.1, -0.05) is 42.5 Å². The zero-order valence-electron chi connectivity index (χ0n) is 16.9. The summed E-state index contributed by atoms with van der Waals surface area (Å²) >= 11 is 0. The predicted molar refractivity (Wildman–Crippen MR) is 121 cm³/mol. The molecule has 0 saturated heterocycles. The summed E-state index contributed by atoms with van der Waals surface area (Å²) < 4.78 is 1.71. The van der Waals surface area contributed by atoms with Crippen LogP contribution in [0.5, 0.6) is 0 Å². The van der Waals surface area contributed by atoms with Crippen LogP contribution in [0.2, 0.25) is 0 Å². The molecule has 6 heteroatoms. The summed E-state index contributed by atoms with van der Waals surface area (Å²) in [5, 5.41) is 6.03. The molecule has 0 spiro atoms. The third-order valence-corrected chi connectivity index (χ3v) is 5.94. The molecule has 31 heavy (non-hydrogen) atoms. The first kappa shape index (κ1) is 18.9. The second-order valence-corrected chi connectivity index (χ2v) is 7.85. The van der Waals surface area contributed by atoms with Crippen LogP contribution < -0.4 is 11.2 Å². The molecule has 0 fully saturated rings. The normalized spacial score (nSPS) is 18.0. The molecule has 1 aliphatic carbocycles. The van der Waals surface area contributed by atoms with E-state index < -0.39 is 11.3 Å². The number of nitrogens with two attached hydrogens (primary N) is 1. The molecule has 152 valence electrons. The molecule has 2 aromatic carbocycles. The molecule has 2 N–H and O–H groups in total. The summed E-state index contributed by atoms with van der Waals surface area (Å²) in [6.45, 7) is 0. The van der Waals surface area contributed by atoms with E-state index in [1.807, 2.05) is 67.9 Å². The van der Waals surface area contributed by atoms with Gasteiger partial charge in [-0.3, -0.25) is 19.3 Å². The Morgan fingerprint density at radius 2 is 1.90 bits per heavy atom. The van der Waals surface area contributed by atoms with Gasteiger partial charge in [0.05, 0.1) is 17.1 Å². The number of allylic oxidation sites excluding steroid dienone is 3. The molecular formula is C25H20N4O2. The Morgan fingerprint density at radius 1 is 1.06 bits per heavy atom. The maximum Gasteiger partial charge on any atom is 0.232 e. The number of fused-ring (bicyclic) bond motifs is 2. The quantitative estimate of drug-likeness (QED) is 0.563. The highest BCUT2D eigenvalue weighted by Gasteiger charge is 2.35. The highest BCUT2D eigenvalue weighted by Crippen LogP contribution is 2.34. The van der Waals surface area contributed by atoms with Crippen LogP contribution in [0.1, 0.15) is 12.0 Å². The van der Waals surface area contributed by atoms with Gasteiger partial charge in [0.2, 0.25) is 5.91 Å². The molecule has 4 aromatic rings. The molecule has 0 bridgehead atoms. The molecule has 1 amide bonds. The number of carbonyl (C=O) groups excluding carboxylic acids is 1. The first-order valence-corrected chi connectivity index (χ1v) is 9.98. The number of amides is 1. The van der Waals surface area contributed by atoms with Gasteiger partial charge in [-0.05, 0) is 35.6 Å². The second kappa shape index (κ2) is 7.02. The highest BCUT2D eigenvalue weighted by molar-refractivity contribution is 5.96. The van der Waals surface area contributed by atoms with E-state index in [1.54, 1.807) is 23.1 Å². The Hall–Kier alpha value is -4.06. The fourth-order valence-electron chi connectivity index (χ4n) is 4.17. The van der Waals surface area contributed by atoms with Crippen molar-refractivity contribution in [3.05, 3.63) is 95.1 Å². The number of carbonyl (C=O) groups is 1. The van der Waals surface area contributed by atoms with E-state index in [2.05, 4.69) is 10.1 Å². The minimum absolute atomic E-state index is 0.134. The Morgan fingerprint density at radius 3 is 2.61 bits per heavy atom. The largest absolute Gasteiger partial charge is 0.369 e. The van der Waals surface area contributed by atoms with Gasteiger partial charge in [-0.25, -0.2) is 0 Å². The number of primary amides is 1. The Balaban J connectivity index is 1.77. The second-order valence-electron chi connectivity index (χ2n) is 7.85. The van der Waals surface area contributed by atoms with Crippen LogP contribution in [0.4, 0.5) is 0 Å². The van der Waals surface area contributed by atoms with E-state index in [0.29, 0.717) is 28.3 Å². The molecule has 2 aromatic heterocycles. The monoisotopic (exact) mass is 408 g/mol. The first-order chi connectivity index (χ1) is 15.0. The smallest absolute Gasteiger partial charge is 0.232 e. The molecule has 0 aliphatic heterocycles. The van der Waals surface area contributed by atoms with Gasteiger partial charge in [0.1, 0.15) is 0 Å². The SMILES string of the molecule is Cn1cc(-c2cnc3ccc4ccc(C5(C(N)=O)C=CC=CC5)cc4c(=O)c3c2)cn1. The van der Waals surface area contributed by atoms with Crippen molar-refractivity contribution in [2.75, 3.05) is 0 Å². The van der Waals surface area contributed by atoms with Crippen molar-refractivity contribution in [2.24, 2.45) is 12.8 Å². The topological polar surface area (TPSA) is 90.9 Å². The third-order valence-electron chi connectivity index (χ3n) is 5.94. The maximum atomic E-state index is 13.6. The highest BCUT2D eigenvalue weighted by atomic mass is 16.1. The van der Waals surface area contributed by atoms with Gasteiger partial charge in [0, 0.05) is 41.3 Å². The van der Waals surface area contributed by atoms with Crippen molar-refractivity contribution < 1.29 is 4.79 Å². The summed E-state index contributed by atoms with van der Waals surface area (Å²) in [5.74, 6) is -0.439. The van der Waals surface area contributed by atoms with Crippen molar-refractivity contribution in [1.82, 2.24) is 14.8 Å². The summed E-state index contributed by atoms with van der Waals surface area (Å²) in [4.78, 5) is 30.5. The van der Waals surface area contributed by atoms with Crippen molar-refractivity contribution in [3.8, 4) is 11.1 Å². The fourth-order valence-corrected chi connectivity index (χ4v) is 4.17. The summed E-state index contributed by atoms with van der Waals surface area (Å²) in [6.07, 6.45) is 13.3. The predicted octanol–water partition coefficient (Wildman–Crippen LogP) is 3.39. The summed E-state index contributed by atoms with van der Waals surface area (Å²) in [5.41, 5.74) is 7.73. The number of pyridine rings is 1. The van der Waals surface area contributed by atoms with Crippen LogP contribution in [0.15, 0.2) is 84.1 Å². The number of rotatable bonds is 3. The van der Waals surface area contributed by atoms with Crippen molar-refractivity contribution in [3.63, 3.8) is 0 Å². The van der Waals surface area contributed by atoms with E-state index in [9.17, 15) is 9.59 Å². The molecule has 0 radical (unpaired) electrons. The van der Waals surface area contributed by atoms with E-state index in [0.717, 1.165) is 16.5 Å². The number of hydrogen-bond donors (Lipinski definition) is 1. The average molecular weight is 408 g/mol. The molecule has 1 atom stereocenters. The minimum atomic E-state index is -0.960. The Bertz CT molecular complexity index is 1480. The number of aryl methyl sites for hydroxylation is 1. The number of benzene rings is 1. The minimum Gasteiger partial charge on any atom is -0.369 e. The fraction of sp³-hybridized carbons (Fsp3) is 0.120. The van der Waals surface area contributed by atoms with Crippen LogP contribution in [0.25, 0.3) is 32.8 Å². The van der Waals surface area contributed by atoms with Crippen molar-refractivity contribution in [1.29, 1.82) is 0 Å². The first-order valence-electron chi connectivity index (χ1n) is 9.98. The van der Waals surface area contributed by atoms with Gasteiger partial charge in [0.15, 0.2) is 5.43 Å². The average Bonchev–Trinajstić information content (AvgIpc) is 3.18. The van der Waals surface area contributed by atoms with Gasteiger partial charge < -0.3 is 5.73 Å². The Labute approximate surface area is 178 Å². The van der Waals surface area contributed by atoms with Crippen LogP contribution in [-0.2, 0) is 17.3 Å². The van der Waals surface area contributed by atoms with Crippen LogP contribution in [0.3, 0.4) is 0 Å². The molecule has 6 nitrogen and oxygen atoms in total. The van der Waals surface area contributed by atoms with Crippen LogP contribution >= 0.6 is 0 Å². The summed E-state index contributed by atoms with van der Waals surface area (Å²) in [7, 11) is 1.84. The maximum absolute atomic E-state index is 13.6. The van der Waals surface area contributed by atoms with Gasteiger partial charge in [0.25, 0.3) is 0 Å². The lowest BCUT2D eigenvalue weighted by Gasteiger charge is -2.28. The van der Waals surface area contributed by atoms with Gasteiger partial charge in [-0.15, -0.1) is 0 Å². The van der Waals surface area contributed by atoms with Crippen LogP contribution in [0, 0.1) is 0 Å². The molecular weight excluding hydrogens is 388 g/mol.